The van der Waals surface area contributed by atoms with E-state index in [4.69, 9.17) is 0 Å². The van der Waals surface area contributed by atoms with Gasteiger partial charge in [-0.05, 0) is 40.0 Å². The fraction of sp³-hybridized carbons (Fsp3) is 0.455. The van der Waals surface area contributed by atoms with E-state index in [1.54, 1.807) is 0 Å². The van der Waals surface area contributed by atoms with Gasteiger partial charge in [0.15, 0.2) is 0 Å². The second-order valence-corrected chi connectivity index (χ2v) is 7.15. The standard InChI is InChI=1S/C11H15BrFNO2S/c1-8(2)7-14(3)17(15,16)9-4-5-10(12)11(13)6-9/h4-6,8H,7H2,1-3H3. The third kappa shape index (κ3) is 3.50. The van der Waals surface area contributed by atoms with E-state index in [-0.39, 0.29) is 15.3 Å². The first-order valence-electron chi connectivity index (χ1n) is 5.16. The molecule has 0 amide bonds. The molecule has 0 aliphatic carbocycles. The number of rotatable bonds is 4. The first-order chi connectivity index (χ1) is 7.75. The van der Waals surface area contributed by atoms with E-state index in [0.717, 1.165) is 6.07 Å². The SMILES string of the molecule is CC(C)CN(C)S(=O)(=O)c1ccc(Br)c(F)c1. The lowest BCUT2D eigenvalue weighted by Crippen LogP contribution is -2.30. The Hall–Kier alpha value is -0.460. The van der Waals surface area contributed by atoms with Crippen molar-refractivity contribution in [3.63, 3.8) is 0 Å². The minimum atomic E-state index is -3.60. The average Bonchev–Trinajstić information content (AvgIpc) is 2.20. The Morgan fingerprint density at radius 1 is 1.41 bits per heavy atom. The van der Waals surface area contributed by atoms with Crippen molar-refractivity contribution in [2.24, 2.45) is 5.92 Å². The third-order valence-corrected chi connectivity index (χ3v) is 4.68. The van der Waals surface area contributed by atoms with Crippen LogP contribution in [-0.2, 0) is 10.0 Å². The van der Waals surface area contributed by atoms with Crippen LogP contribution in [0.15, 0.2) is 27.6 Å². The van der Waals surface area contributed by atoms with E-state index in [1.807, 2.05) is 13.8 Å². The topological polar surface area (TPSA) is 37.4 Å². The lowest BCUT2D eigenvalue weighted by Gasteiger charge is -2.19. The second kappa shape index (κ2) is 5.46. The van der Waals surface area contributed by atoms with Crippen LogP contribution in [0.4, 0.5) is 4.39 Å². The maximum absolute atomic E-state index is 13.3. The predicted octanol–water partition coefficient (Wildman–Crippen LogP) is 2.86. The second-order valence-electron chi connectivity index (χ2n) is 4.26. The van der Waals surface area contributed by atoms with Gasteiger partial charge in [-0.1, -0.05) is 13.8 Å². The summed E-state index contributed by atoms with van der Waals surface area (Å²) in [5.74, 6) is -0.362. The van der Waals surface area contributed by atoms with Gasteiger partial charge in [0.1, 0.15) is 5.82 Å². The van der Waals surface area contributed by atoms with Gasteiger partial charge in [-0.15, -0.1) is 0 Å². The fourth-order valence-corrected chi connectivity index (χ4v) is 3.02. The van der Waals surface area contributed by atoms with Crippen LogP contribution in [0.25, 0.3) is 0 Å². The molecule has 0 aromatic heterocycles. The first-order valence-corrected chi connectivity index (χ1v) is 7.40. The first kappa shape index (κ1) is 14.6. The zero-order valence-electron chi connectivity index (χ0n) is 9.94. The molecule has 0 aliphatic rings. The molecule has 0 saturated carbocycles. The fourth-order valence-electron chi connectivity index (χ4n) is 1.43. The van der Waals surface area contributed by atoms with Gasteiger partial charge in [0.25, 0.3) is 0 Å². The molecule has 1 aromatic rings. The summed E-state index contributed by atoms with van der Waals surface area (Å²) in [5.41, 5.74) is 0. The summed E-state index contributed by atoms with van der Waals surface area (Å²) in [4.78, 5) is -0.0265. The Balaban J connectivity index is 3.09. The highest BCUT2D eigenvalue weighted by Crippen LogP contribution is 2.21. The third-order valence-electron chi connectivity index (χ3n) is 2.22. The number of hydrogen-bond donors (Lipinski definition) is 0. The quantitative estimate of drug-likeness (QED) is 0.854. The van der Waals surface area contributed by atoms with Crippen LogP contribution in [0.1, 0.15) is 13.8 Å². The highest BCUT2D eigenvalue weighted by molar-refractivity contribution is 9.10. The number of halogens is 2. The molecule has 0 saturated heterocycles. The Morgan fingerprint density at radius 3 is 2.47 bits per heavy atom. The van der Waals surface area contributed by atoms with Crippen molar-refractivity contribution >= 4 is 26.0 Å². The van der Waals surface area contributed by atoms with Crippen molar-refractivity contribution in [2.45, 2.75) is 18.7 Å². The Labute approximate surface area is 110 Å². The molecule has 0 heterocycles. The van der Waals surface area contributed by atoms with E-state index < -0.39 is 15.8 Å². The molecule has 0 radical (unpaired) electrons. The van der Waals surface area contributed by atoms with Gasteiger partial charge < -0.3 is 0 Å². The average molecular weight is 324 g/mol. The van der Waals surface area contributed by atoms with Gasteiger partial charge in [-0.2, -0.15) is 0 Å². The Kier molecular flexibility index (Phi) is 4.69. The van der Waals surface area contributed by atoms with E-state index in [9.17, 15) is 12.8 Å². The molecule has 1 rings (SSSR count). The van der Waals surface area contributed by atoms with E-state index in [0.29, 0.717) is 6.54 Å². The summed E-state index contributed by atoms with van der Waals surface area (Å²) in [6, 6.07) is 3.81. The van der Waals surface area contributed by atoms with Crippen molar-refractivity contribution in [3.05, 3.63) is 28.5 Å². The van der Waals surface area contributed by atoms with Crippen LogP contribution in [0.5, 0.6) is 0 Å². The maximum Gasteiger partial charge on any atom is 0.242 e. The molecule has 96 valence electrons. The highest BCUT2D eigenvalue weighted by Gasteiger charge is 2.22. The number of hydrogen-bond acceptors (Lipinski definition) is 2. The molecule has 0 fully saturated rings. The number of nitrogens with zero attached hydrogens (tertiary/aromatic N) is 1. The predicted molar refractivity (Wildman–Crippen MR) is 68.8 cm³/mol. The zero-order valence-corrected chi connectivity index (χ0v) is 12.3. The van der Waals surface area contributed by atoms with Gasteiger partial charge in [0.05, 0.1) is 9.37 Å². The molecule has 0 atom stereocenters. The lowest BCUT2D eigenvalue weighted by molar-refractivity contribution is 0.417. The van der Waals surface area contributed by atoms with Crippen LogP contribution in [0.3, 0.4) is 0 Å². The molecule has 17 heavy (non-hydrogen) atoms. The molecular formula is C11H15BrFNO2S. The normalized spacial score (nSPS) is 12.4. The van der Waals surface area contributed by atoms with Crippen molar-refractivity contribution in [1.29, 1.82) is 0 Å². The van der Waals surface area contributed by atoms with Crippen LogP contribution in [-0.4, -0.2) is 26.3 Å². The van der Waals surface area contributed by atoms with Crippen molar-refractivity contribution in [3.8, 4) is 0 Å². The van der Waals surface area contributed by atoms with Crippen LogP contribution >= 0.6 is 15.9 Å². The summed E-state index contributed by atoms with van der Waals surface area (Å²) in [7, 11) is -2.11. The van der Waals surface area contributed by atoms with Crippen molar-refractivity contribution in [1.82, 2.24) is 4.31 Å². The Morgan fingerprint density at radius 2 is 2.00 bits per heavy atom. The molecule has 0 spiro atoms. The minimum absolute atomic E-state index is 0.0265. The number of benzene rings is 1. The largest absolute Gasteiger partial charge is 0.242 e. The molecule has 0 bridgehead atoms. The Bertz CT molecular complexity index is 502. The van der Waals surface area contributed by atoms with Gasteiger partial charge in [0, 0.05) is 13.6 Å². The summed E-state index contributed by atoms with van der Waals surface area (Å²) in [5, 5.41) is 0. The van der Waals surface area contributed by atoms with Gasteiger partial charge in [-0.3, -0.25) is 0 Å². The van der Waals surface area contributed by atoms with Crippen LogP contribution < -0.4 is 0 Å². The van der Waals surface area contributed by atoms with Crippen LogP contribution in [0, 0.1) is 11.7 Å². The van der Waals surface area contributed by atoms with Crippen LogP contribution in [0.2, 0.25) is 0 Å². The molecule has 6 heteroatoms. The lowest BCUT2D eigenvalue weighted by atomic mass is 10.2. The molecular weight excluding hydrogens is 309 g/mol. The highest BCUT2D eigenvalue weighted by atomic mass is 79.9. The molecule has 3 nitrogen and oxygen atoms in total. The molecule has 0 unspecified atom stereocenters. The van der Waals surface area contributed by atoms with Crippen molar-refractivity contribution < 1.29 is 12.8 Å². The smallest absolute Gasteiger partial charge is 0.207 e. The summed E-state index contributed by atoms with van der Waals surface area (Å²) < 4.78 is 38.9. The monoisotopic (exact) mass is 323 g/mol. The van der Waals surface area contributed by atoms with E-state index >= 15 is 0 Å². The van der Waals surface area contributed by atoms with Gasteiger partial charge in [0.2, 0.25) is 10.0 Å². The summed E-state index contributed by atoms with van der Waals surface area (Å²) in [6.45, 7) is 4.25. The minimum Gasteiger partial charge on any atom is -0.207 e. The van der Waals surface area contributed by atoms with Gasteiger partial charge >= 0.3 is 0 Å². The van der Waals surface area contributed by atoms with E-state index in [1.165, 1.54) is 23.5 Å². The van der Waals surface area contributed by atoms with E-state index in [2.05, 4.69) is 15.9 Å². The summed E-state index contributed by atoms with van der Waals surface area (Å²) in [6.07, 6.45) is 0. The van der Waals surface area contributed by atoms with Crippen molar-refractivity contribution in [2.75, 3.05) is 13.6 Å². The summed E-state index contributed by atoms with van der Waals surface area (Å²) >= 11 is 2.99. The maximum atomic E-state index is 13.3. The molecule has 0 aliphatic heterocycles. The number of sulfonamides is 1. The zero-order chi connectivity index (χ0) is 13.2. The van der Waals surface area contributed by atoms with Gasteiger partial charge in [-0.25, -0.2) is 17.1 Å². The molecule has 0 N–H and O–H groups in total. The molecule has 1 aromatic carbocycles.